The van der Waals surface area contributed by atoms with Crippen molar-refractivity contribution < 1.29 is 19.1 Å². The Kier molecular flexibility index (Phi) is 3.56. The van der Waals surface area contributed by atoms with E-state index in [9.17, 15) is 4.79 Å². The molecule has 0 radical (unpaired) electrons. The third kappa shape index (κ3) is 2.72. The average molecular weight is 287 g/mol. The number of hydrogen-bond donors (Lipinski definition) is 1. The predicted molar refractivity (Wildman–Crippen MR) is 77.9 cm³/mol. The first-order valence-corrected chi connectivity index (χ1v) is 7.00. The number of carboxylic acid groups (broad SMARTS) is 1. The fourth-order valence-corrected chi connectivity index (χ4v) is 2.51. The van der Waals surface area contributed by atoms with E-state index in [2.05, 4.69) is 11.8 Å². The molecule has 3 rings (SSSR count). The second-order valence-corrected chi connectivity index (χ2v) is 5.07. The molecule has 0 fully saturated rings. The fraction of sp³-hybridized carbons (Fsp3) is 0.312. The number of hydrogen-bond acceptors (Lipinski definition) is 4. The number of carboxylic acids is 1. The van der Waals surface area contributed by atoms with Gasteiger partial charge in [0, 0.05) is 0 Å². The van der Waals surface area contributed by atoms with Crippen molar-refractivity contribution >= 4 is 11.7 Å². The molecule has 110 valence electrons. The van der Waals surface area contributed by atoms with E-state index in [0.29, 0.717) is 12.3 Å². The van der Waals surface area contributed by atoms with Crippen LogP contribution in [0.1, 0.15) is 29.7 Å². The molecule has 0 amide bonds. The highest BCUT2D eigenvalue weighted by Crippen LogP contribution is 2.34. The molecule has 0 saturated carbocycles. The highest BCUT2D eigenvalue weighted by molar-refractivity contribution is 5.84. The summed E-state index contributed by atoms with van der Waals surface area (Å²) < 4.78 is 11.3. The summed E-state index contributed by atoms with van der Waals surface area (Å²) in [6.45, 7) is 3.38. The molecule has 5 heteroatoms. The van der Waals surface area contributed by atoms with Crippen LogP contribution in [0.4, 0.5) is 5.69 Å². The summed E-state index contributed by atoms with van der Waals surface area (Å²) in [5.74, 6) is 0.424. The van der Waals surface area contributed by atoms with Crippen LogP contribution in [-0.4, -0.2) is 23.7 Å². The predicted octanol–water partition coefficient (Wildman–Crippen LogP) is 3.16. The molecule has 0 saturated heterocycles. The molecule has 2 aromatic rings. The molecule has 1 N–H and O–H groups in total. The number of carbonyl (C=O) groups is 1. The van der Waals surface area contributed by atoms with E-state index >= 15 is 0 Å². The third-order valence-corrected chi connectivity index (χ3v) is 3.60. The van der Waals surface area contributed by atoms with E-state index in [4.69, 9.17) is 14.3 Å². The Morgan fingerprint density at radius 1 is 1.33 bits per heavy atom. The normalized spacial score (nSPS) is 17.2. The van der Waals surface area contributed by atoms with Crippen LogP contribution in [0.3, 0.4) is 0 Å². The minimum absolute atomic E-state index is 0.0291. The van der Waals surface area contributed by atoms with E-state index in [-0.39, 0.29) is 11.9 Å². The number of ether oxygens (including phenoxy) is 1. The first kappa shape index (κ1) is 13.5. The summed E-state index contributed by atoms with van der Waals surface area (Å²) in [6, 6.07) is 11.1. The summed E-state index contributed by atoms with van der Waals surface area (Å²) in [6.07, 6.45) is 1.05. The highest BCUT2D eigenvalue weighted by atomic mass is 16.5. The lowest BCUT2D eigenvalue weighted by Crippen LogP contribution is -2.39. The Bertz CT molecular complexity index is 649. The summed E-state index contributed by atoms with van der Waals surface area (Å²) >= 11 is 0. The van der Waals surface area contributed by atoms with Crippen molar-refractivity contribution in [1.82, 2.24) is 0 Å². The number of furan rings is 1. The van der Waals surface area contributed by atoms with Crippen LogP contribution in [0.15, 0.2) is 40.8 Å². The lowest BCUT2D eigenvalue weighted by Gasteiger charge is -2.35. The van der Waals surface area contributed by atoms with Gasteiger partial charge >= 0.3 is 5.97 Å². The lowest BCUT2D eigenvalue weighted by molar-refractivity contribution is 0.0660. The maximum absolute atomic E-state index is 10.9. The van der Waals surface area contributed by atoms with E-state index in [0.717, 1.165) is 24.4 Å². The van der Waals surface area contributed by atoms with E-state index < -0.39 is 5.97 Å². The summed E-state index contributed by atoms with van der Waals surface area (Å²) in [5, 5.41) is 8.91. The molecule has 1 unspecified atom stereocenters. The fourth-order valence-electron chi connectivity index (χ4n) is 2.51. The van der Waals surface area contributed by atoms with Crippen LogP contribution in [0.2, 0.25) is 0 Å². The van der Waals surface area contributed by atoms with Gasteiger partial charge in [-0.15, -0.1) is 0 Å². The van der Waals surface area contributed by atoms with Gasteiger partial charge in [-0.2, -0.15) is 0 Å². The molecule has 1 atom stereocenters. The highest BCUT2D eigenvalue weighted by Gasteiger charge is 2.25. The Morgan fingerprint density at radius 3 is 2.86 bits per heavy atom. The number of aromatic carboxylic acids is 1. The molecule has 21 heavy (non-hydrogen) atoms. The molecule has 1 aromatic carbocycles. The van der Waals surface area contributed by atoms with Gasteiger partial charge in [0.25, 0.3) is 0 Å². The molecular weight excluding hydrogens is 270 g/mol. The maximum Gasteiger partial charge on any atom is 0.371 e. The smallest absolute Gasteiger partial charge is 0.371 e. The molecule has 0 aliphatic carbocycles. The molecule has 0 bridgehead atoms. The zero-order chi connectivity index (χ0) is 14.8. The van der Waals surface area contributed by atoms with Crippen LogP contribution in [-0.2, 0) is 6.54 Å². The zero-order valence-electron chi connectivity index (χ0n) is 11.8. The van der Waals surface area contributed by atoms with Crippen molar-refractivity contribution in [2.45, 2.75) is 26.0 Å². The third-order valence-electron chi connectivity index (χ3n) is 3.60. The van der Waals surface area contributed by atoms with Crippen LogP contribution in [0.25, 0.3) is 0 Å². The average Bonchev–Trinajstić information content (AvgIpc) is 2.96. The molecule has 1 aliphatic rings. The number of rotatable bonds is 4. The zero-order valence-corrected chi connectivity index (χ0v) is 11.8. The van der Waals surface area contributed by atoms with Gasteiger partial charge in [-0.1, -0.05) is 19.1 Å². The Hall–Kier alpha value is -2.43. The van der Waals surface area contributed by atoms with Crippen molar-refractivity contribution in [2.24, 2.45) is 0 Å². The minimum Gasteiger partial charge on any atom is -0.486 e. The van der Waals surface area contributed by atoms with Crippen molar-refractivity contribution in [3.8, 4) is 5.75 Å². The van der Waals surface area contributed by atoms with Crippen LogP contribution in [0, 0.1) is 0 Å². The van der Waals surface area contributed by atoms with E-state index in [1.54, 1.807) is 6.07 Å². The van der Waals surface area contributed by atoms with Crippen LogP contribution in [0.5, 0.6) is 5.75 Å². The minimum atomic E-state index is -1.05. The SMILES string of the molecule is CCC1CN(Cc2ccc(C(=O)O)o2)c2ccccc2O1. The number of nitrogens with zero attached hydrogens (tertiary/aromatic N) is 1. The molecule has 2 heterocycles. The summed E-state index contributed by atoms with van der Waals surface area (Å²) in [4.78, 5) is 13.0. The van der Waals surface area contributed by atoms with Gasteiger partial charge in [-0.05, 0) is 30.7 Å². The molecule has 1 aliphatic heterocycles. The maximum atomic E-state index is 10.9. The molecule has 0 spiro atoms. The number of fused-ring (bicyclic) bond motifs is 1. The first-order chi connectivity index (χ1) is 10.2. The van der Waals surface area contributed by atoms with Gasteiger partial charge < -0.3 is 19.2 Å². The number of benzene rings is 1. The molecular formula is C16H17NO4. The van der Waals surface area contributed by atoms with Gasteiger partial charge in [-0.25, -0.2) is 4.79 Å². The number of para-hydroxylation sites is 2. The second kappa shape index (κ2) is 5.52. The Labute approximate surface area is 122 Å². The molecule has 5 nitrogen and oxygen atoms in total. The Balaban J connectivity index is 1.85. The first-order valence-electron chi connectivity index (χ1n) is 7.00. The van der Waals surface area contributed by atoms with Gasteiger partial charge in [-0.3, -0.25) is 0 Å². The van der Waals surface area contributed by atoms with Crippen LogP contribution >= 0.6 is 0 Å². The molecule has 1 aromatic heterocycles. The monoisotopic (exact) mass is 287 g/mol. The van der Waals surface area contributed by atoms with Crippen molar-refractivity contribution in [1.29, 1.82) is 0 Å². The lowest BCUT2D eigenvalue weighted by atomic mass is 10.1. The van der Waals surface area contributed by atoms with Crippen LogP contribution < -0.4 is 9.64 Å². The van der Waals surface area contributed by atoms with Gasteiger partial charge in [0.05, 0.1) is 18.8 Å². The topological polar surface area (TPSA) is 62.9 Å². The van der Waals surface area contributed by atoms with E-state index in [1.165, 1.54) is 6.07 Å². The summed E-state index contributed by atoms with van der Waals surface area (Å²) in [7, 11) is 0. The van der Waals surface area contributed by atoms with Crippen molar-refractivity contribution in [3.05, 3.63) is 47.9 Å². The second-order valence-electron chi connectivity index (χ2n) is 5.07. The van der Waals surface area contributed by atoms with Gasteiger partial charge in [0.2, 0.25) is 5.76 Å². The van der Waals surface area contributed by atoms with Gasteiger partial charge in [0.1, 0.15) is 17.6 Å². The Morgan fingerprint density at radius 2 is 2.14 bits per heavy atom. The van der Waals surface area contributed by atoms with Crippen molar-refractivity contribution in [3.63, 3.8) is 0 Å². The van der Waals surface area contributed by atoms with Crippen molar-refractivity contribution in [2.75, 3.05) is 11.4 Å². The summed E-state index contributed by atoms with van der Waals surface area (Å²) in [5.41, 5.74) is 1.01. The quantitative estimate of drug-likeness (QED) is 0.935. The largest absolute Gasteiger partial charge is 0.486 e. The van der Waals surface area contributed by atoms with Gasteiger partial charge in [0.15, 0.2) is 0 Å². The standard InChI is InChI=1S/C16H17NO4/c1-2-11-9-17(13-5-3-4-6-14(13)20-11)10-12-7-8-15(21-12)16(18)19/h3-8,11H,2,9-10H2,1H3,(H,18,19). The van der Waals surface area contributed by atoms with E-state index in [1.807, 2.05) is 24.3 Å². The number of anilines is 1.